The van der Waals surface area contributed by atoms with Crippen molar-refractivity contribution in [1.82, 2.24) is 0 Å². The van der Waals surface area contributed by atoms with Gasteiger partial charge in [0.25, 0.3) is 0 Å². The molecule has 0 N–H and O–H groups in total. The average Bonchev–Trinajstić information content (AvgIpc) is 2.66. The number of halogens is 1. The third-order valence-electron chi connectivity index (χ3n) is 5.66. The van der Waals surface area contributed by atoms with Crippen LogP contribution >= 0.6 is 0 Å². The van der Waals surface area contributed by atoms with Crippen LogP contribution in [0.4, 0.5) is 0 Å². The fraction of sp³-hybridized carbons (Fsp3) is 0.200. The highest BCUT2D eigenvalue weighted by atomic mass is 79.9. The molecule has 5 rings (SSSR count). The maximum absolute atomic E-state index is 13.1. The second kappa shape index (κ2) is 6.82. The fourth-order valence-corrected chi connectivity index (χ4v) is 4.46. The van der Waals surface area contributed by atoms with Crippen molar-refractivity contribution in [2.24, 2.45) is 5.41 Å². The first-order valence-electron chi connectivity index (χ1n) is 9.52. The van der Waals surface area contributed by atoms with Gasteiger partial charge in [-0.25, -0.2) is 0 Å². The Morgan fingerprint density at radius 3 is 2.32 bits per heavy atom. The number of carbonyl (C=O) groups is 1. The molecule has 140 valence electrons. The van der Waals surface area contributed by atoms with Crippen molar-refractivity contribution in [3.63, 3.8) is 0 Å². The third-order valence-corrected chi connectivity index (χ3v) is 5.66. The van der Waals surface area contributed by atoms with E-state index in [0.717, 1.165) is 34.3 Å². The zero-order valence-corrected chi connectivity index (χ0v) is 17.7. The molecule has 1 aromatic heterocycles. The highest BCUT2D eigenvalue weighted by Gasteiger charge is 2.38. The molecule has 0 spiro atoms. The van der Waals surface area contributed by atoms with Crippen LogP contribution in [0.2, 0.25) is 0 Å². The molecule has 0 aliphatic heterocycles. The SMILES string of the molecule is CC1(C)CC(=O)c2cc3c4ccccc4ccc3[n+](-c3ccccc3)c2C1.[Br-]. The quantitative estimate of drug-likeness (QED) is 0.335. The van der Waals surface area contributed by atoms with Gasteiger partial charge >= 0.3 is 0 Å². The molecule has 1 aliphatic carbocycles. The Hall–Kier alpha value is -2.52. The standard InChI is InChI=1S/C25H22NO.BrH/c1-25(2)15-23-21(24(27)16-25)14-20-19-11-7-6-8-17(19)12-13-22(20)26(23)18-9-4-3-5-10-18;/h3-14H,15-16H2,1-2H3;1H/q+1;/p-1. The van der Waals surface area contributed by atoms with Gasteiger partial charge in [-0.2, -0.15) is 4.57 Å². The predicted octanol–water partition coefficient (Wildman–Crippen LogP) is 2.43. The molecule has 3 heteroatoms. The van der Waals surface area contributed by atoms with E-state index in [4.69, 9.17) is 0 Å². The van der Waals surface area contributed by atoms with Crippen LogP contribution in [-0.4, -0.2) is 5.78 Å². The number of para-hydroxylation sites is 1. The van der Waals surface area contributed by atoms with E-state index in [1.807, 2.05) is 6.07 Å². The number of benzene rings is 3. The summed E-state index contributed by atoms with van der Waals surface area (Å²) in [5.41, 5.74) is 4.25. The summed E-state index contributed by atoms with van der Waals surface area (Å²) < 4.78 is 2.30. The van der Waals surface area contributed by atoms with Gasteiger partial charge in [-0.05, 0) is 28.3 Å². The van der Waals surface area contributed by atoms with E-state index in [0.29, 0.717) is 6.42 Å². The van der Waals surface area contributed by atoms with Gasteiger partial charge in [0.05, 0.1) is 10.9 Å². The van der Waals surface area contributed by atoms with Crippen molar-refractivity contribution in [2.45, 2.75) is 26.7 Å². The number of hydrogen-bond acceptors (Lipinski definition) is 1. The Morgan fingerprint density at radius 1 is 0.821 bits per heavy atom. The monoisotopic (exact) mass is 431 g/mol. The predicted molar refractivity (Wildman–Crippen MR) is 109 cm³/mol. The largest absolute Gasteiger partial charge is 1.00 e. The number of rotatable bonds is 1. The lowest BCUT2D eigenvalue weighted by Crippen LogP contribution is -3.00. The Balaban J connectivity index is 0.00000192. The number of carbonyl (C=O) groups excluding carboxylic acids is 1. The number of pyridine rings is 1. The van der Waals surface area contributed by atoms with Crippen molar-refractivity contribution in [1.29, 1.82) is 0 Å². The lowest BCUT2D eigenvalue weighted by molar-refractivity contribution is -0.577. The number of fused-ring (bicyclic) bond motifs is 4. The minimum absolute atomic E-state index is 0. The fourth-order valence-electron chi connectivity index (χ4n) is 4.46. The Morgan fingerprint density at radius 2 is 1.54 bits per heavy atom. The van der Waals surface area contributed by atoms with E-state index in [9.17, 15) is 4.79 Å². The van der Waals surface area contributed by atoms with Gasteiger partial charge in [0.1, 0.15) is 0 Å². The molecule has 4 aromatic rings. The van der Waals surface area contributed by atoms with Crippen molar-refractivity contribution >= 4 is 27.5 Å². The Kier molecular flexibility index (Phi) is 4.59. The summed E-state index contributed by atoms with van der Waals surface area (Å²) in [5, 5.41) is 3.54. The lowest BCUT2D eigenvalue weighted by atomic mass is 9.75. The van der Waals surface area contributed by atoms with Crippen molar-refractivity contribution in [3.05, 3.63) is 84.1 Å². The van der Waals surface area contributed by atoms with Crippen molar-refractivity contribution in [3.8, 4) is 5.69 Å². The highest BCUT2D eigenvalue weighted by molar-refractivity contribution is 6.08. The van der Waals surface area contributed by atoms with Gasteiger partial charge in [-0.3, -0.25) is 4.79 Å². The van der Waals surface area contributed by atoms with Crippen LogP contribution in [-0.2, 0) is 6.42 Å². The van der Waals surface area contributed by atoms with Gasteiger partial charge in [0.2, 0.25) is 11.2 Å². The molecule has 0 saturated carbocycles. The van der Waals surface area contributed by atoms with Crippen LogP contribution in [0.1, 0.15) is 36.3 Å². The molecule has 1 aliphatic rings. The first kappa shape index (κ1) is 18.8. The summed E-state index contributed by atoms with van der Waals surface area (Å²) in [6.07, 6.45) is 1.50. The molecule has 28 heavy (non-hydrogen) atoms. The van der Waals surface area contributed by atoms with E-state index in [1.54, 1.807) is 0 Å². The van der Waals surface area contributed by atoms with E-state index >= 15 is 0 Å². The van der Waals surface area contributed by atoms with E-state index < -0.39 is 0 Å². The Labute approximate surface area is 175 Å². The summed E-state index contributed by atoms with van der Waals surface area (Å²) in [5.74, 6) is 0.251. The van der Waals surface area contributed by atoms with E-state index in [-0.39, 0.29) is 28.2 Å². The maximum atomic E-state index is 13.1. The molecule has 0 fully saturated rings. The van der Waals surface area contributed by atoms with Crippen LogP contribution in [0, 0.1) is 5.41 Å². The zero-order valence-electron chi connectivity index (χ0n) is 16.1. The highest BCUT2D eigenvalue weighted by Crippen LogP contribution is 2.36. The summed E-state index contributed by atoms with van der Waals surface area (Å²) in [4.78, 5) is 13.1. The first-order chi connectivity index (χ1) is 13.0. The summed E-state index contributed by atoms with van der Waals surface area (Å²) in [7, 11) is 0. The second-order valence-corrected chi connectivity index (χ2v) is 8.34. The average molecular weight is 432 g/mol. The van der Waals surface area contributed by atoms with Crippen LogP contribution < -0.4 is 21.5 Å². The third kappa shape index (κ3) is 2.94. The Bertz CT molecular complexity index is 1210. The number of hydrogen-bond donors (Lipinski definition) is 0. The van der Waals surface area contributed by atoms with Gasteiger partial charge in [0, 0.05) is 31.0 Å². The van der Waals surface area contributed by atoms with Crippen molar-refractivity contribution in [2.75, 3.05) is 0 Å². The van der Waals surface area contributed by atoms with Crippen LogP contribution in [0.25, 0.3) is 27.4 Å². The summed E-state index contributed by atoms with van der Waals surface area (Å²) in [6, 6.07) is 25.3. The summed E-state index contributed by atoms with van der Waals surface area (Å²) >= 11 is 0. The molecule has 1 heterocycles. The molecule has 0 radical (unpaired) electrons. The van der Waals surface area contributed by atoms with Gasteiger partial charge in [0.15, 0.2) is 11.5 Å². The number of nitrogens with zero attached hydrogens (tertiary/aromatic N) is 1. The first-order valence-corrected chi connectivity index (χ1v) is 9.52. The molecule has 0 amide bonds. The van der Waals surface area contributed by atoms with Crippen LogP contribution in [0.15, 0.2) is 72.8 Å². The van der Waals surface area contributed by atoms with Crippen LogP contribution in [0.3, 0.4) is 0 Å². The normalized spacial score (nSPS) is 15.3. The number of aromatic nitrogens is 1. The van der Waals surface area contributed by atoms with Gasteiger partial charge < -0.3 is 17.0 Å². The molecule has 0 saturated heterocycles. The van der Waals surface area contributed by atoms with E-state index in [2.05, 4.69) is 85.1 Å². The topological polar surface area (TPSA) is 20.9 Å². The maximum Gasteiger partial charge on any atom is 0.219 e. The van der Waals surface area contributed by atoms with Gasteiger partial charge in [-0.15, -0.1) is 0 Å². The zero-order chi connectivity index (χ0) is 18.6. The molecular formula is C25H22BrNO. The molecule has 3 aromatic carbocycles. The smallest absolute Gasteiger partial charge is 0.219 e. The minimum atomic E-state index is -0.0227. The molecule has 0 unspecified atom stereocenters. The van der Waals surface area contributed by atoms with Gasteiger partial charge in [-0.1, -0.05) is 56.3 Å². The molecule has 0 atom stereocenters. The second-order valence-electron chi connectivity index (χ2n) is 8.34. The van der Waals surface area contributed by atoms with E-state index in [1.165, 1.54) is 10.8 Å². The summed E-state index contributed by atoms with van der Waals surface area (Å²) in [6.45, 7) is 4.38. The number of Topliss-reactive ketones (excluding diaryl/α,β-unsaturated/α-hetero) is 1. The molecule has 0 bridgehead atoms. The molecule has 2 nitrogen and oxygen atoms in total. The number of ketones is 1. The lowest BCUT2D eigenvalue weighted by Gasteiger charge is -2.28. The minimum Gasteiger partial charge on any atom is -1.00 e. The van der Waals surface area contributed by atoms with Crippen LogP contribution in [0.5, 0.6) is 0 Å². The molecular weight excluding hydrogens is 410 g/mol. The van der Waals surface area contributed by atoms with Crippen molar-refractivity contribution < 1.29 is 26.3 Å².